The summed E-state index contributed by atoms with van der Waals surface area (Å²) < 4.78 is 13.1. The van der Waals surface area contributed by atoms with E-state index < -0.39 is 23.6 Å². The lowest BCUT2D eigenvalue weighted by molar-refractivity contribution is -0.192. The smallest absolute Gasteiger partial charge is 0.303 e. The number of fused-ring (bicyclic) bond motifs is 2. The Morgan fingerprint density at radius 1 is 1.04 bits per heavy atom. The minimum Gasteiger partial charge on any atom is -0.456 e. The summed E-state index contributed by atoms with van der Waals surface area (Å²) in [5.74, 6) is -1.13. The van der Waals surface area contributed by atoms with E-state index in [2.05, 4.69) is 0 Å². The highest BCUT2D eigenvalue weighted by Gasteiger charge is 2.45. The zero-order chi connectivity index (χ0) is 18.4. The predicted molar refractivity (Wildman–Crippen MR) is 88.2 cm³/mol. The monoisotopic (exact) mass is 346 g/mol. The number of ether oxygens (including phenoxy) is 2. The van der Waals surface area contributed by atoms with Gasteiger partial charge in [-0.05, 0) is 19.1 Å². The number of nitrogens with zero attached hydrogens (tertiary/aromatic N) is 2. The highest BCUT2D eigenvalue weighted by Crippen LogP contribution is 2.26. The molecule has 0 amide bonds. The average Bonchev–Trinajstić information content (AvgIpc) is 2.53. The lowest BCUT2D eigenvalue weighted by Crippen LogP contribution is -2.60. The van der Waals surface area contributed by atoms with Crippen molar-refractivity contribution in [2.24, 2.45) is 0 Å². The molecule has 0 radical (unpaired) electrons. The van der Waals surface area contributed by atoms with Gasteiger partial charge >= 0.3 is 11.9 Å². The second-order valence-electron chi connectivity index (χ2n) is 6.30. The molecular formula is C17H18N2O6. The molecule has 0 saturated carbocycles. The Morgan fingerprint density at radius 3 is 2.12 bits per heavy atom. The van der Waals surface area contributed by atoms with Crippen LogP contribution in [0.25, 0.3) is 10.8 Å². The minimum atomic E-state index is -1.25. The van der Waals surface area contributed by atoms with Crippen LogP contribution in [0.5, 0.6) is 0 Å². The summed E-state index contributed by atoms with van der Waals surface area (Å²) in [7, 11) is 0. The van der Waals surface area contributed by atoms with Gasteiger partial charge in [0.05, 0.1) is 23.9 Å². The van der Waals surface area contributed by atoms with Crippen LogP contribution in [0.2, 0.25) is 0 Å². The first-order valence-electron chi connectivity index (χ1n) is 7.82. The zero-order valence-corrected chi connectivity index (χ0v) is 14.1. The highest BCUT2D eigenvalue weighted by atomic mass is 16.6. The van der Waals surface area contributed by atoms with Gasteiger partial charge in [-0.25, -0.2) is 9.36 Å². The lowest BCUT2D eigenvalue weighted by Gasteiger charge is -2.41. The molecule has 0 aliphatic carbocycles. The first-order chi connectivity index (χ1) is 11.7. The number of esters is 2. The Bertz CT molecular complexity index is 989. The molecule has 3 rings (SSSR count). The minimum absolute atomic E-state index is 0.0811. The average molecular weight is 346 g/mol. The fourth-order valence-corrected chi connectivity index (χ4v) is 3.23. The zero-order valence-electron chi connectivity index (χ0n) is 14.1. The molecule has 132 valence electrons. The van der Waals surface area contributed by atoms with Gasteiger partial charge in [0.1, 0.15) is 0 Å². The molecule has 2 atom stereocenters. The molecule has 8 heteroatoms. The van der Waals surface area contributed by atoms with Gasteiger partial charge in [0.2, 0.25) is 0 Å². The van der Waals surface area contributed by atoms with Crippen LogP contribution in [-0.4, -0.2) is 33.0 Å². The Hall–Kier alpha value is -2.90. The van der Waals surface area contributed by atoms with Gasteiger partial charge in [-0.3, -0.25) is 19.2 Å². The van der Waals surface area contributed by atoms with Crippen LogP contribution in [0.15, 0.2) is 33.9 Å². The van der Waals surface area contributed by atoms with Crippen molar-refractivity contribution in [2.75, 3.05) is 0 Å². The van der Waals surface area contributed by atoms with Gasteiger partial charge in [-0.2, -0.15) is 0 Å². The fraction of sp³-hybridized carbons (Fsp3) is 0.412. The van der Waals surface area contributed by atoms with E-state index >= 15 is 0 Å². The molecular weight excluding hydrogens is 328 g/mol. The van der Waals surface area contributed by atoms with E-state index in [4.69, 9.17) is 9.47 Å². The van der Waals surface area contributed by atoms with Gasteiger partial charge in [-0.15, -0.1) is 0 Å². The van der Waals surface area contributed by atoms with Crippen molar-refractivity contribution in [2.45, 2.75) is 45.6 Å². The molecule has 0 N–H and O–H groups in total. The molecule has 1 aromatic heterocycles. The molecule has 8 nitrogen and oxygen atoms in total. The summed E-state index contributed by atoms with van der Waals surface area (Å²) in [5, 5.41) is 0.585. The van der Waals surface area contributed by atoms with Crippen LogP contribution in [0.4, 0.5) is 0 Å². The first-order valence-corrected chi connectivity index (χ1v) is 7.82. The van der Waals surface area contributed by atoms with Crippen molar-refractivity contribution >= 4 is 22.7 Å². The maximum Gasteiger partial charge on any atom is 0.303 e. The van der Waals surface area contributed by atoms with Gasteiger partial charge in [0, 0.05) is 13.8 Å². The van der Waals surface area contributed by atoms with E-state index in [0.717, 1.165) is 0 Å². The molecule has 0 unspecified atom stereocenters. The number of hydrogen-bond donors (Lipinski definition) is 0. The molecule has 1 aliphatic rings. The first kappa shape index (κ1) is 16.9. The molecule has 2 aromatic rings. The maximum absolute atomic E-state index is 12.8. The summed E-state index contributed by atoms with van der Waals surface area (Å²) in [6, 6.07) is 6.51. The summed E-state index contributed by atoms with van der Waals surface area (Å²) in [5.41, 5.74) is -1.98. The number of rotatable bonds is 2. The third kappa shape index (κ3) is 2.84. The van der Waals surface area contributed by atoms with Crippen LogP contribution in [-0.2, 0) is 32.2 Å². The third-order valence-electron chi connectivity index (χ3n) is 4.32. The summed E-state index contributed by atoms with van der Waals surface area (Å²) in [6.07, 6.45) is -0.882. The molecule has 0 fully saturated rings. The summed E-state index contributed by atoms with van der Waals surface area (Å²) in [4.78, 5) is 48.5. The maximum atomic E-state index is 12.8. The second-order valence-corrected chi connectivity index (χ2v) is 6.30. The molecule has 1 aromatic carbocycles. The van der Waals surface area contributed by atoms with Crippen LogP contribution < -0.4 is 11.1 Å². The lowest BCUT2D eigenvalue weighted by atomic mass is 9.96. The van der Waals surface area contributed by atoms with E-state index in [0.29, 0.717) is 10.8 Å². The van der Waals surface area contributed by atoms with Gasteiger partial charge < -0.3 is 9.47 Å². The molecule has 0 saturated heterocycles. The second kappa shape index (κ2) is 5.87. The predicted octanol–water partition coefficient (Wildman–Crippen LogP) is 0.430. The van der Waals surface area contributed by atoms with Crippen LogP contribution in [0.3, 0.4) is 0 Å². The normalized spacial score (nSPS) is 22.3. The number of carbonyl (C=O) groups excluding carboxylic acids is 2. The number of aromatic nitrogens is 2. The van der Waals surface area contributed by atoms with Crippen molar-refractivity contribution in [3.8, 4) is 0 Å². The number of carbonyl (C=O) groups is 2. The Labute approximate surface area is 142 Å². The van der Waals surface area contributed by atoms with E-state index in [1.807, 2.05) is 0 Å². The highest BCUT2D eigenvalue weighted by molar-refractivity contribution is 5.80. The fourth-order valence-electron chi connectivity index (χ4n) is 3.23. The summed E-state index contributed by atoms with van der Waals surface area (Å²) in [6.45, 7) is 3.88. The molecule has 0 spiro atoms. The molecule has 25 heavy (non-hydrogen) atoms. The standard InChI is InChI=1S/C17H18N2O6/c1-10(20)24-14-8-18-15(22)12-6-4-5-7-13(12)16(23)19(18)9-17(14,3)25-11(2)21/h4-7,14H,8-9H2,1-3H3/t14-,17-/m1/s1. The summed E-state index contributed by atoms with van der Waals surface area (Å²) >= 11 is 0. The van der Waals surface area contributed by atoms with Gasteiger partial charge in [0.25, 0.3) is 11.1 Å². The van der Waals surface area contributed by atoms with E-state index in [1.54, 1.807) is 31.2 Å². The Kier molecular flexibility index (Phi) is 3.98. The van der Waals surface area contributed by atoms with Crippen molar-refractivity contribution in [3.63, 3.8) is 0 Å². The quantitative estimate of drug-likeness (QED) is 0.732. The topological polar surface area (TPSA) is 96.6 Å². The third-order valence-corrected chi connectivity index (χ3v) is 4.32. The van der Waals surface area contributed by atoms with Gasteiger partial charge in [-0.1, -0.05) is 12.1 Å². The molecule has 0 bridgehead atoms. The van der Waals surface area contributed by atoms with Crippen LogP contribution in [0.1, 0.15) is 20.8 Å². The Morgan fingerprint density at radius 2 is 1.60 bits per heavy atom. The van der Waals surface area contributed by atoms with Crippen molar-refractivity contribution < 1.29 is 19.1 Å². The SMILES string of the molecule is CC(=O)O[C@@H]1Cn2c(=O)c3ccccc3c(=O)n2C[C@@]1(C)OC(C)=O. The van der Waals surface area contributed by atoms with Crippen molar-refractivity contribution in [3.05, 3.63) is 45.0 Å². The Balaban J connectivity index is 2.23. The van der Waals surface area contributed by atoms with Crippen molar-refractivity contribution in [1.82, 2.24) is 9.36 Å². The largest absolute Gasteiger partial charge is 0.456 e. The molecule has 2 heterocycles. The van der Waals surface area contributed by atoms with E-state index in [9.17, 15) is 19.2 Å². The van der Waals surface area contributed by atoms with E-state index in [-0.39, 0.29) is 24.2 Å². The van der Waals surface area contributed by atoms with E-state index in [1.165, 1.54) is 23.2 Å². The van der Waals surface area contributed by atoms with Crippen molar-refractivity contribution in [1.29, 1.82) is 0 Å². The van der Waals surface area contributed by atoms with Crippen LogP contribution >= 0.6 is 0 Å². The molecule has 1 aliphatic heterocycles. The number of hydrogen-bond acceptors (Lipinski definition) is 6. The number of benzene rings is 1. The van der Waals surface area contributed by atoms with Crippen LogP contribution in [0, 0.1) is 0 Å². The van der Waals surface area contributed by atoms with Gasteiger partial charge in [0.15, 0.2) is 11.7 Å².